The van der Waals surface area contributed by atoms with Crippen LogP contribution in [-0.2, 0) is 4.74 Å². The van der Waals surface area contributed by atoms with Gasteiger partial charge < -0.3 is 10.1 Å². The smallest absolute Gasteiger partial charge is 0.225 e. The van der Waals surface area contributed by atoms with Gasteiger partial charge in [0.1, 0.15) is 0 Å². The Balaban J connectivity index is 1.74. The summed E-state index contributed by atoms with van der Waals surface area (Å²) < 4.78 is 6.86. The summed E-state index contributed by atoms with van der Waals surface area (Å²) in [6.07, 6.45) is 1.68. The van der Waals surface area contributed by atoms with E-state index in [0.29, 0.717) is 30.3 Å². The molecular formula is C14H14N6O. The molecule has 106 valence electrons. The van der Waals surface area contributed by atoms with Crippen molar-refractivity contribution in [1.82, 2.24) is 25.0 Å². The van der Waals surface area contributed by atoms with Crippen molar-refractivity contribution in [3.05, 3.63) is 36.0 Å². The number of hydrogen-bond acceptors (Lipinski definition) is 6. The van der Waals surface area contributed by atoms with Gasteiger partial charge in [0.2, 0.25) is 5.95 Å². The van der Waals surface area contributed by atoms with Gasteiger partial charge in [0.15, 0.2) is 11.2 Å². The summed E-state index contributed by atoms with van der Waals surface area (Å²) >= 11 is 0. The van der Waals surface area contributed by atoms with Crippen molar-refractivity contribution >= 4 is 17.1 Å². The van der Waals surface area contributed by atoms with Crippen LogP contribution < -0.4 is 5.32 Å². The molecule has 21 heavy (non-hydrogen) atoms. The summed E-state index contributed by atoms with van der Waals surface area (Å²) in [5.74, 6) is 0.575. The van der Waals surface area contributed by atoms with E-state index in [2.05, 4.69) is 25.6 Å². The van der Waals surface area contributed by atoms with Crippen molar-refractivity contribution in [1.29, 1.82) is 0 Å². The Bertz CT molecular complexity index is 778. The van der Waals surface area contributed by atoms with Crippen LogP contribution in [0.5, 0.6) is 0 Å². The maximum atomic E-state index is 5.14. The average molecular weight is 282 g/mol. The zero-order chi connectivity index (χ0) is 14.2. The van der Waals surface area contributed by atoms with Gasteiger partial charge in [0, 0.05) is 0 Å². The van der Waals surface area contributed by atoms with E-state index >= 15 is 0 Å². The minimum Gasteiger partial charge on any atom is -0.377 e. The molecule has 1 aliphatic rings. The van der Waals surface area contributed by atoms with Crippen LogP contribution in [0.3, 0.4) is 0 Å². The summed E-state index contributed by atoms with van der Waals surface area (Å²) in [6, 6.07) is 8.35. The Morgan fingerprint density at radius 1 is 1.24 bits per heavy atom. The van der Waals surface area contributed by atoms with Crippen molar-refractivity contribution < 1.29 is 4.74 Å². The minimum absolute atomic E-state index is 0.283. The van der Waals surface area contributed by atoms with E-state index in [9.17, 15) is 0 Å². The summed E-state index contributed by atoms with van der Waals surface area (Å²) in [5, 5.41) is 11.5. The molecule has 0 radical (unpaired) electrons. The fourth-order valence-electron chi connectivity index (χ4n) is 2.16. The van der Waals surface area contributed by atoms with Crippen molar-refractivity contribution in [2.45, 2.75) is 13.0 Å². The lowest BCUT2D eigenvalue weighted by Crippen LogP contribution is -2.40. The SMILES string of the molecule is Cc1ccc(-n2nnc3cnc(NC4COC4)nc32)cc1. The Hall–Kier alpha value is -2.54. The normalized spacial score (nSPS) is 15.1. The second-order valence-corrected chi connectivity index (χ2v) is 5.12. The topological polar surface area (TPSA) is 77.8 Å². The van der Waals surface area contributed by atoms with Crippen LogP contribution >= 0.6 is 0 Å². The van der Waals surface area contributed by atoms with Crippen LogP contribution in [0.4, 0.5) is 5.95 Å². The maximum absolute atomic E-state index is 5.14. The summed E-state index contributed by atoms with van der Waals surface area (Å²) in [5.41, 5.74) is 3.49. The molecule has 0 spiro atoms. The fraction of sp³-hybridized carbons (Fsp3) is 0.286. The maximum Gasteiger partial charge on any atom is 0.225 e. The predicted octanol–water partition coefficient (Wildman–Crippen LogP) is 1.33. The minimum atomic E-state index is 0.283. The summed E-state index contributed by atoms with van der Waals surface area (Å²) in [6.45, 7) is 3.43. The molecule has 1 aromatic carbocycles. The van der Waals surface area contributed by atoms with Gasteiger partial charge in [0.25, 0.3) is 0 Å². The monoisotopic (exact) mass is 282 g/mol. The number of fused-ring (bicyclic) bond motifs is 1. The molecule has 3 aromatic rings. The van der Waals surface area contributed by atoms with E-state index in [0.717, 1.165) is 5.69 Å². The van der Waals surface area contributed by atoms with E-state index < -0.39 is 0 Å². The molecule has 1 fully saturated rings. The van der Waals surface area contributed by atoms with Gasteiger partial charge in [-0.1, -0.05) is 22.9 Å². The van der Waals surface area contributed by atoms with Crippen molar-refractivity contribution in [2.24, 2.45) is 0 Å². The van der Waals surface area contributed by atoms with Crippen LogP contribution in [0.25, 0.3) is 16.9 Å². The van der Waals surface area contributed by atoms with Crippen molar-refractivity contribution in [2.75, 3.05) is 18.5 Å². The first-order valence-electron chi connectivity index (χ1n) is 6.79. The van der Waals surface area contributed by atoms with Gasteiger partial charge in [-0.15, -0.1) is 5.10 Å². The van der Waals surface area contributed by atoms with Crippen LogP contribution in [-0.4, -0.2) is 44.2 Å². The van der Waals surface area contributed by atoms with Crippen LogP contribution in [0, 0.1) is 6.92 Å². The zero-order valence-corrected chi connectivity index (χ0v) is 11.5. The van der Waals surface area contributed by atoms with Crippen LogP contribution in [0.15, 0.2) is 30.5 Å². The molecule has 1 aliphatic heterocycles. The molecule has 1 N–H and O–H groups in total. The van der Waals surface area contributed by atoms with E-state index in [1.807, 2.05) is 31.2 Å². The van der Waals surface area contributed by atoms with Gasteiger partial charge in [-0.3, -0.25) is 0 Å². The van der Waals surface area contributed by atoms with Crippen molar-refractivity contribution in [3.63, 3.8) is 0 Å². The second-order valence-electron chi connectivity index (χ2n) is 5.12. The molecule has 0 amide bonds. The zero-order valence-electron chi connectivity index (χ0n) is 11.5. The van der Waals surface area contributed by atoms with Gasteiger partial charge in [-0.05, 0) is 19.1 Å². The molecule has 0 unspecified atom stereocenters. The molecule has 7 heteroatoms. The highest BCUT2D eigenvalue weighted by atomic mass is 16.5. The third kappa shape index (κ3) is 2.21. The molecule has 0 bridgehead atoms. The van der Waals surface area contributed by atoms with E-state index in [1.54, 1.807) is 10.9 Å². The molecule has 0 saturated carbocycles. The van der Waals surface area contributed by atoms with E-state index in [1.165, 1.54) is 5.56 Å². The first kappa shape index (κ1) is 12.2. The quantitative estimate of drug-likeness (QED) is 0.781. The lowest BCUT2D eigenvalue weighted by Gasteiger charge is -2.26. The van der Waals surface area contributed by atoms with Crippen LogP contribution in [0.2, 0.25) is 0 Å². The Kier molecular flexibility index (Phi) is 2.78. The number of ether oxygens (including phenoxy) is 1. The number of aryl methyl sites for hydroxylation is 1. The second kappa shape index (κ2) is 4.78. The number of nitrogens with zero attached hydrogens (tertiary/aromatic N) is 5. The van der Waals surface area contributed by atoms with E-state index in [4.69, 9.17) is 4.74 Å². The molecule has 4 rings (SSSR count). The average Bonchev–Trinajstić information content (AvgIpc) is 2.87. The Morgan fingerprint density at radius 2 is 2.05 bits per heavy atom. The molecular weight excluding hydrogens is 268 g/mol. The van der Waals surface area contributed by atoms with Crippen LogP contribution in [0.1, 0.15) is 5.56 Å². The number of anilines is 1. The molecule has 3 heterocycles. The first-order chi connectivity index (χ1) is 10.3. The molecule has 1 saturated heterocycles. The lowest BCUT2D eigenvalue weighted by atomic mass is 10.2. The highest BCUT2D eigenvalue weighted by Gasteiger charge is 2.19. The standard InChI is InChI=1S/C14H14N6O/c1-9-2-4-11(5-3-9)20-13-12(18-19-20)6-15-14(17-13)16-10-7-21-8-10/h2-6,10H,7-8H2,1H3,(H,15,16,17). The summed E-state index contributed by atoms with van der Waals surface area (Å²) in [7, 11) is 0. The van der Waals surface area contributed by atoms with Gasteiger partial charge in [-0.2, -0.15) is 9.67 Å². The highest BCUT2D eigenvalue weighted by molar-refractivity contribution is 5.71. The van der Waals surface area contributed by atoms with Gasteiger partial charge in [0.05, 0.1) is 31.1 Å². The third-order valence-electron chi connectivity index (χ3n) is 3.44. The third-order valence-corrected chi connectivity index (χ3v) is 3.44. The first-order valence-corrected chi connectivity index (χ1v) is 6.79. The van der Waals surface area contributed by atoms with E-state index in [-0.39, 0.29) is 6.04 Å². The molecule has 0 atom stereocenters. The molecule has 0 aliphatic carbocycles. The van der Waals surface area contributed by atoms with Gasteiger partial charge >= 0.3 is 0 Å². The summed E-state index contributed by atoms with van der Waals surface area (Å²) in [4.78, 5) is 8.77. The number of rotatable bonds is 3. The molecule has 2 aromatic heterocycles. The van der Waals surface area contributed by atoms with Gasteiger partial charge in [-0.25, -0.2) is 4.98 Å². The largest absolute Gasteiger partial charge is 0.377 e. The highest BCUT2D eigenvalue weighted by Crippen LogP contribution is 2.16. The number of benzene rings is 1. The molecule has 7 nitrogen and oxygen atoms in total. The Labute approximate surface area is 121 Å². The number of nitrogens with one attached hydrogen (secondary N) is 1. The lowest BCUT2D eigenvalue weighted by molar-refractivity contribution is 0.0208. The predicted molar refractivity (Wildman–Crippen MR) is 77.4 cm³/mol. The van der Waals surface area contributed by atoms with Crippen molar-refractivity contribution in [3.8, 4) is 5.69 Å². The fourth-order valence-corrected chi connectivity index (χ4v) is 2.16. The Morgan fingerprint density at radius 3 is 2.76 bits per heavy atom. The number of hydrogen-bond donors (Lipinski definition) is 1. The number of aromatic nitrogens is 5.